The van der Waals surface area contributed by atoms with E-state index in [2.05, 4.69) is 9.88 Å². The van der Waals surface area contributed by atoms with Crippen molar-refractivity contribution in [3.8, 4) is 0 Å². The Kier molecular flexibility index (Phi) is 5.69. The predicted molar refractivity (Wildman–Crippen MR) is 117 cm³/mol. The first-order valence-corrected chi connectivity index (χ1v) is 11.7. The number of fused-ring (bicyclic) bond motifs is 2. The van der Waals surface area contributed by atoms with Crippen molar-refractivity contribution in [3.63, 3.8) is 0 Å². The second-order valence-electron chi connectivity index (χ2n) is 9.28. The third-order valence-corrected chi connectivity index (χ3v) is 7.37. The normalized spacial score (nSPS) is 23.2. The lowest BCUT2D eigenvalue weighted by atomic mass is 9.89. The average molecular weight is 427 g/mol. The molecule has 3 saturated heterocycles. The molecule has 0 bridgehead atoms. The molecule has 1 N–H and O–H groups in total. The molecule has 0 radical (unpaired) electrons. The number of piperidine rings is 1. The van der Waals surface area contributed by atoms with Crippen molar-refractivity contribution >= 4 is 22.8 Å². The van der Waals surface area contributed by atoms with Crippen LogP contribution in [0.2, 0.25) is 0 Å². The number of aromatic amines is 1. The summed E-state index contributed by atoms with van der Waals surface area (Å²) in [5.74, 6) is 0.282. The number of nitrogens with one attached hydrogen (secondary N) is 1. The third-order valence-electron chi connectivity index (χ3n) is 7.37. The highest BCUT2D eigenvalue weighted by atomic mass is 19.1. The zero-order chi connectivity index (χ0) is 21.4. The number of H-pyrrole nitrogens is 1. The van der Waals surface area contributed by atoms with Crippen molar-refractivity contribution in [2.24, 2.45) is 0 Å². The van der Waals surface area contributed by atoms with E-state index in [0.717, 1.165) is 75.6 Å². The number of rotatable bonds is 6. The number of amides is 3. The van der Waals surface area contributed by atoms with E-state index < -0.39 is 0 Å². The molecule has 1 aromatic carbocycles. The minimum atomic E-state index is -0.184. The fourth-order valence-electron chi connectivity index (χ4n) is 5.62. The highest BCUT2D eigenvalue weighted by Gasteiger charge is 2.40. The number of carbonyl (C=O) groups is 2. The van der Waals surface area contributed by atoms with E-state index in [9.17, 15) is 14.0 Å². The fourth-order valence-corrected chi connectivity index (χ4v) is 5.62. The summed E-state index contributed by atoms with van der Waals surface area (Å²) in [4.78, 5) is 34.0. The Morgan fingerprint density at radius 2 is 1.84 bits per heavy atom. The topological polar surface area (TPSA) is 59.7 Å². The Morgan fingerprint density at radius 3 is 2.68 bits per heavy atom. The molecule has 0 aliphatic carbocycles. The zero-order valence-electron chi connectivity index (χ0n) is 18.0. The maximum absolute atomic E-state index is 13.7. The molecule has 1 aromatic heterocycles. The second kappa shape index (κ2) is 8.61. The van der Waals surface area contributed by atoms with Crippen LogP contribution in [0.5, 0.6) is 0 Å². The molecule has 2 aromatic rings. The van der Waals surface area contributed by atoms with Crippen molar-refractivity contribution in [1.82, 2.24) is 19.7 Å². The van der Waals surface area contributed by atoms with Gasteiger partial charge in [0.25, 0.3) is 0 Å². The minimum absolute atomic E-state index is 0.00382. The Labute approximate surface area is 182 Å². The fraction of sp³-hybridized carbons (Fsp3) is 0.583. The number of imide groups is 1. The van der Waals surface area contributed by atoms with Crippen LogP contribution in [-0.4, -0.2) is 70.4 Å². The van der Waals surface area contributed by atoms with E-state index in [-0.39, 0.29) is 23.8 Å². The molecule has 1 unspecified atom stereocenters. The molecule has 31 heavy (non-hydrogen) atoms. The van der Waals surface area contributed by atoms with Crippen LogP contribution in [0.15, 0.2) is 24.4 Å². The van der Waals surface area contributed by atoms with Gasteiger partial charge in [0, 0.05) is 42.7 Å². The molecule has 0 saturated carbocycles. The first kappa shape index (κ1) is 20.5. The summed E-state index contributed by atoms with van der Waals surface area (Å²) in [6.45, 7) is 4.40. The van der Waals surface area contributed by atoms with Crippen LogP contribution in [0.3, 0.4) is 0 Å². The average Bonchev–Trinajstić information content (AvgIpc) is 3.40. The van der Waals surface area contributed by atoms with Crippen LogP contribution < -0.4 is 0 Å². The van der Waals surface area contributed by atoms with Gasteiger partial charge in [-0.15, -0.1) is 0 Å². The van der Waals surface area contributed by atoms with Gasteiger partial charge in [-0.1, -0.05) is 0 Å². The molecular weight excluding hydrogens is 395 g/mol. The third kappa shape index (κ3) is 4.07. The number of benzene rings is 1. The standard InChI is InChI=1S/C24H31FN4O2/c25-18-5-6-22-20(14-18)21(16-26-22)17-7-12-27(13-8-17)9-1-2-10-29-23(30)15-19-4-3-11-28(19)24(29)31/h5-6,14,16-17,19,26H,1-4,7-13,15H2. The number of nitrogens with zero attached hydrogens (tertiary/aromatic N) is 3. The summed E-state index contributed by atoms with van der Waals surface area (Å²) in [6.07, 6.45) is 8.52. The molecule has 6 nitrogen and oxygen atoms in total. The highest BCUT2D eigenvalue weighted by Crippen LogP contribution is 2.33. The van der Waals surface area contributed by atoms with Crippen LogP contribution in [0.25, 0.3) is 10.9 Å². The molecule has 4 heterocycles. The molecule has 3 aliphatic heterocycles. The lowest BCUT2D eigenvalue weighted by molar-refractivity contribution is -0.132. The van der Waals surface area contributed by atoms with E-state index in [1.54, 1.807) is 6.07 Å². The molecular formula is C24H31FN4O2. The maximum atomic E-state index is 13.7. The summed E-state index contributed by atoms with van der Waals surface area (Å²) in [6, 6.07) is 5.02. The van der Waals surface area contributed by atoms with Crippen molar-refractivity contribution in [2.75, 3.05) is 32.7 Å². The van der Waals surface area contributed by atoms with Gasteiger partial charge in [-0.05, 0) is 87.8 Å². The zero-order valence-corrected chi connectivity index (χ0v) is 18.0. The Hall–Kier alpha value is -2.41. The van der Waals surface area contributed by atoms with Gasteiger partial charge in [-0.3, -0.25) is 9.69 Å². The molecule has 7 heteroatoms. The monoisotopic (exact) mass is 426 g/mol. The van der Waals surface area contributed by atoms with Crippen LogP contribution in [-0.2, 0) is 4.79 Å². The second-order valence-corrected chi connectivity index (χ2v) is 9.28. The summed E-state index contributed by atoms with van der Waals surface area (Å²) >= 11 is 0. The number of likely N-dealkylation sites (tertiary alicyclic amines) is 1. The molecule has 0 spiro atoms. The number of carbonyl (C=O) groups excluding carboxylic acids is 2. The van der Waals surface area contributed by atoms with E-state index in [1.165, 1.54) is 16.5 Å². The first-order chi connectivity index (χ1) is 15.1. The molecule has 3 amide bonds. The van der Waals surface area contributed by atoms with Crippen LogP contribution >= 0.6 is 0 Å². The number of urea groups is 1. The van der Waals surface area contributed by atoms with Gasteiger partial charge in [-0.25, -0.2) is 9.18 Å². The van der Waals surface area contributed by atoms with Gasteiger partial charge in [0.15, 0.2) is 0 Å². The van der Waals surface area contributed by atoms with Crippen molar-refractivity contribution < 1.29 is 14.0 Å². The van der Waals surface area contributed by atoms with Gasteiger partial charge in [0.2, 0.25) is 5.91 Å². The lowest BCUT2D eigenvalue weighted by Gasteiger charge is -2.36. The maximum Gasteiger partial charge on any atom is 0.326 e. The molecule has 1 atom stereocenters. The van der Waals surface area contributed by atoms with Gasteiger partial charge in [0.05, 0.1) is 0 Å². The van der Waals surface area contributed by atoms with Crippen molar-refractivity contribution in [2.45, 2.75) is 56.9 Å². The molecule has 166 valence electrons. The smallest absolute Gasteiger partial charge is 0.326 e. The summed E-state index contributed by atoms with van der Waals surface area (Å²) < 4.78 is 13.7. The van der Waals surface area contributed by atoms with Crippen LogP contribution in [0.1, 0.15) is 56.4 Å². The van der Waals surface area contributed by atoms with Gasteiger partial charge in [-0.2, -0.15) is 0 Å². The van der Waals surface area contributed by atoms with Gasteiger partial charge in [0.1, 0.15) is 5.82 Å². The van der Waals surface area contributed by atoms with Crippen LogP contribution in [0.4, 0.5) is 9.18 Å². The summed E-state index contributed by atoms with van der Waals surface area (Å²) in [7, 11) is 0. The van der Waals surface area contributed by atoms with E-state index in [0.29, 0.717) is 18.9 Å². The lowest BCUT2D eigenvalue weighted by Crippen LogP contribution is -2.54. The number of aromatic nitrogens is 1. The number of hydrogen-bond donors (Lipinski definition) is 1. The number of hydrogen-bond acceptors (Lipinski definition) is 3. The summed E-state index contributed by atoms with van der Waals surface area (Å²) in [5.41, 5.74) is 2.23. The van der Waals surface area contributed by atoms with Crippen molar-refractivity contribution in [3.05, 3.63) is 35.8 Å². The molecule has 3 fully saturated rings. The summed E-state index contributed by atoms with van der Waals surface area (Å²) in [5, 5.41) is 1.01. The minimum Gasteiger partial charge on any atom is -0.361 e. The quantitative estimate of drug-likeness (QED) is 0.708. The van der Waals surface area contributed by atoms with E-state index in [1.807, 2.05) is 17.2 Å². The molecule has 3 aliphatic rings. The Morgan fingerprint density at radius 1 is 1.03 bits per heavy atom. The van der Waals surface area contributed by atoms with Gasteiger partial charge >= 0.3 is 6.03 Å². The van der Waals surface area contributed by atoms with Crippen molar-refractivity contribution in [1.29, 1.82) is 0 Å². The largest absolute Gasteiger partial charge is 0.361 e. The SMILES string of the molecule is O=C1CC2CCCN2C(=O)N1CCCCN1CCC(c2c[nH]c3ccc(F)cc23)CC1. The number of unbranched alkanes of at least 4 members (excludes halogenated alkanes) is 1. The number of halogens is 1. The predicted octanol–water partition coefficient (Wildman–Crippen LogP) is 4.08. The molecule has 5 rings (SSSR count). The van der Waals surface area contributed by atoms with Crippen LogP contribution in [0, 0.1) is 5.82 Å². The Balaban J connectivity index is 1.07. The first-order valence-electron chi connectivity index (χ1n) is 11.7. The highest BCUT2D eigenvalue weighted by molar-refractivity contribution is 5.97. The van der Waals surface area contributed by atoms with E-state index in [4.69, 9.17) is 0 Å². The Bertz CT molecular complexity index is 966. The van der Waals surface area contributed by atoms with E-state index >= 15 is 0 Å². The van der Waals surface area contributed by atoms with Gasteiger partial charge < -0.3 is 14.8 Å².